The second-order valence-electron chi connectivity index (χ2n) is 11.0. The molecule has 2 fully saturated rings. The third kappa shape index (κ3) is 7.88. The van der Waals surface area contributed by atoms with E-state index >= 15 is 0 Å². The number of rotatable bonds is 12. The zero-order chi connectivity index (χ0) is 27.8. The summed E-state index contributed by atoms with van der Waals surface area (Å²) in [6, 6.07) is 11.5. The minimum Gasteiger partial charge on any atom is -0.399 e. The van der Waals surface area contributed by atoms with Crippen LogP contribution in [0.25, 0.3) is 0 Å². The largest absolute Gasteiger partial charge is 0.399 e. The number of hydrogen-bond acceptors (Lipinski definition) is 7. The maximum absolute atomic E-state index is 13.3. The molecule has 2 aromatic carbocycles. The van der Waals surface area contributed by atoms with Gasteiger partial charge in [-0.3, -0.25) is 4.79 Å². The van der Waals surface area contributed by atoms with Crippen LogP contribution >= 0.6 is 0 Å². The van der Waals surface area contributed by atoms with Crippen LogP contribution in [-0.2, 0) is 9.84 Å². The molecule has 39 heavy (non-hydrogen) atoms. The highest BCUT2D eigenvalue weighted by atomic mass is 32.2. The molecule has 9 heteroatoms. The van der Waals surface area contributed by atoms with Crippen molar-refractivity contribution in [3.05, 3.63) is 47.5 Å². The van der Waals surface area contributed by atoms with E-state index in [9.17, 15) is 13.2 Å². The van der Waals surface area contributed by atoms with Crippen LogP contribution in [0.2, 0.25) is 0 Å². The summed E-state index contributed by atoms with van der Waals surface area (Å²) in [6.45, 7) is 8.00. The molecule has 0 spiro atoms. The standard InChI is InChI=1S/C30H45N5O3S/c1-3-4-5-14-33-30(36)26-21-29(39(2,37)38)28(22-27(26)32-15-20-34-16-6-7-17-34)35-18-12-24(13-19-35)23-8-10-25(31)11-9-23/h8-11,21-22,24,32H,3-7,12-20,31H2,1-2H3,(H,33,36). The molecule has 2 saturated heterocycles. The van der Waals surface area contributed by atoms with Crippen LogP contribution in [0, 0.1) is 0 Å². The Hall–Kier alpha value is -2.78. The lowest BCUT2D eigenvalue weighted by Gasteiger charge is -2.35. The Labute approximate surface area is 234 Å². The van der Waals surface area contributed by atoms with Crippen molar-refractivity contribution in [3.63, 3.8) is 0 Å². The Morgan fingerprint density at radius 2 is 1.69 bits per heavy atom. The van der Waals surface area contributed by atoms with Crippen molar-refractivity contribution in [3.8, 4) is 0 Å². The van der Waals surface area contributed by atoms with E-state index in [0.29, 0.717) is 35.9 Å². The van der Waals surface area contributed by atoms with Gasteiger partial charge < -0.3 is 26.2 Å². The maximum atomic E-state index is 13.3. The first kappa shape index (κ1) is 29.2. The number of carbonyl (C=O) groups excluding carboxylic acids is 1. The molecule has 0 aliphatic carbocycles. The molecule has 2 aliphatic heterocycles. The van der Waals surface area contributed by atoms with Crippen LogP contribution in [0.5, 0.6) is 0 Å². The SMILES string of the molecule is CCCCCNC(=O)c1cc(S(C)(=O)=O)c(N2CCC(c3ccc(N)cc3)CC2)cc1NCCN1CCCC1. The van der Waals surface area contributed by atoms with Crippen LogP contribution in [0.1, 0.15) is 73.7 Å². The quantitative estimate of drug-likeness (QED) is 0.262. The van der Waals surface area contributed by atoms with Crippen molar-refractivity contribution >= 4 is 32.8 Å². The van der Waals surface area contributed by atoms with E-state index in [-0.39, 0.29) is 10.8 Å². The Bertz CT molecular complexity index is 1200. The van der Waals surface area contributed by atoms with Crippen molar-refractivity contribution < 1.29 is 13.2 Å². The first-order valence-corrected chi connectivity index (χ1v) is 16.4. The summed E-state index contributed by atoms with van der Waals surface area (Å²) in [5.41, 5.74) is 9.67. The van der Waals surface area contributed by atoms with Crippen molar-refractivity contribution in [2.75, 3.05) is 68.0 Å². The summed E-state index contributed by atoms with van der Waals surface area (Å²) in [4.78, 5) is 18.1. The summed E-state index contributed by atoms with van der Waals surface area (Å²) < 4.78 is 26.0. The molecule has 0 atom stereocenters. The van der Waals surface area contributed by atoms with E-state index < -0.39 is 9.84 Å². The third-order valence-electron chi connectivity index (χ3n) is 7.99. The van der Waals surface area contributed by atoms with E-state index in [4.69, 9.17) is 5.73 Å². The van der Waals surface area contributed by atoms with Crippen LogP contribution in [-0.4, -0.2) is 71.3 Å². The number of piperidine rings is 1. The van der Waals surface area contributed by atoms with Crippen LogP contribution in [0.4, 0.5) is 17.1 Å². The second kappa shape index (κ2) is 13.5. The first-order chi connectivity index (χ1) is 18.8. The lowest BCUT2D eigenvalue weighted by atomic mass is 9.89. The van der Waals surface area contributed by atoms with Gasteiger partial charge in [0.2, 0.25) is 0 Å². The summed E-state index contributed by atoms with van der Waals surface area (Å²) in [6.07, 6.45) is 8.55. The normalized spacial score (nSPS) is 16.9. The number of sulfone groups is 1. The Balaban J connectivity index is 1.58. The highest BCUT2D eigenvalue weighted by molar-refractivity contribution is 7.90. The van der Waals surface area contributed by atoms with Crippen molar-refractivity contribution in [2.24, 2.45) is 0 Å². The Morgan fingerprint density at radius 3 is 2.33 bits per heavy atom. The van der Waals surface area contributed by atoms with Crippen molar-refractivity contribution in [1.29, 1.82) is 0 Å². The van der Waals surface area contributed by atoms with Crippen LogP contribution in [0.3, 0.4) is 0 Å². The molecule has 4 rings (SSSR count). The van der Waals surface area contributed by atoms with E-state index in [1.54, 1.807) is 6.07 Å². The minimum atomic E-state index is -3.56. The van der Waals surface area contributed by atoms with E-state index in [1.807, 2.05) is 18.2 Å². The summed E-state index contributed by atoms with van der Waals surface area (Å²) in [5.74, 6) is 0.183. The predicted octanol–water partition coefficient (Wildman–Crippen LogP) is 4.48. The van der Waals surface area contributed by atoms with E-state index in [0.717, 1.165) is 70.5 Å². The lowest BCUT2D eigenvalue weighted by Crippen LogP contribution is -2.34. The maximum Gasteiger partial charge on any atom is 0.253 e. The van der Waals surface area contributed by atoms with Gasteiger partial charge in [0.25, 0.3) is 5.91 Å². The number of carbonyl (C=O) groups is 1. The molecule has 0 unspecified atom stereocenters. The topological polar surface area (TPSA) is 108 Å². The Morgan fingerprint density at radius 1 is 1.00 bits per heavy atom. The van der Waals surface area contributed by atoms with Gasteiger partial charge >= 0.3 is 0 Å². The molecule has 8 nitrogen and oxygen atoms in total. The molecule has 2 aliphatic rings. The number of nitrogens with one attached hydrogen (secondary N) is 2. The monoisotopic (exact) mass is 555 g/mol. The van der Waals surface area contributed by atoms with Crippen LogP contribution < -0.4 is 21.3 Å². The average molecular weight is 556 g/mol. The molecule has 214 valence electrons. The molecule has 0 radical (unpaired) electrons. The number of benzene rings is 2. The first-order valence-electron chi connectivity index (χ1n) is 14.5. The summed E-state index contributed by atoms with van der Waals surface area (Å²) in [7, 11) is -3.56. The highest BCUT2D eigenvalue weighted by Crippen LogP contribution is 2.36. The molecular weight excluding hydrogens is 510 g/mol. The van der Waals surface area contributed by atoms with Gasteiger partial charge in [0.05, 0.1) is 16.1 Å². The second-order valence-corrected chi connectivity index (χ2v) is 13.0. The van der Waals surface area contributed by atoms with Gasteiger partial charge in [-0.25, -0.2) is 8.42 Å². The zero-order valence-electron chi connectivity index (χ0n) is 23.5. The minimum absolute atomic E-state index is 0.220. The fourth-order valence-electron chi connectivity index (χ4n) is 5.70. The fraction of sp³-hybridized carbons (Fsp3) is 0.567. The number of amides is 1. The van der Waals surface area contributed by atoms with Crippen molar-refractivity contribution in [2.45, 2.75) is 62.7 Å². The molecule has 0 aromatic heterocycles. The fourth-order valence-corrected chi connectivity index (χ4v) is 6.60. The lowest BCUT2D eigenvalue weighted by molar-refractivity contribution is 0.0953. The number of anilines is 3. The van der Waals surface area contributed by atoms with Crippen LogP contribution in [0.15, 0.2) is 41.3 Å². The van der Waals surface area contributed by atoms with E-state index in [1.165, 1.54) is 24.7 Å². The van der Waals surface area contributed by atoms with Gasteiger partial charge in [-0.15, -0.1) is 0 Å². The van der Waals surface area contributed by atoms with E-state index in [2.05, 4.69) is 39.5 Å². The molecule has 0 saturated carbocycles. The smallest absolute Gasteiger partial charge is 0.253 e. The highest BCUT2D eigenvalue weighted by Gasteiger charge is 2.27. The molecule has 2 heterocycles. The summed E-state index contributed by atoms with van der Waals surface area (Å²) >= 11 is 0. The number of nitrogens with zero attached hydrogens (tertiary/aromatic N) is 2. The average Bonchev–Trinajstić information content (AvgIpc) is 3.44. The Kier molecular flexibility index (Phi) is 10.1. The summed E-state index contributed by atoms with van der Waals surface area (Å²) in [5, 5.41) is 6.49. The number of likely N-dealkylation sites (tertiary alicyclic amines) is 1. The molecule has 1 amide bonds. The molecule has 2 aromatic rings. The van der Waals surface area contributed by atoms with Gasteiger partial charge in [0.1, 0.15) is 0 Å². The molecular formula is C30H45N5O3S. The van der Waals surface area contributed by atoms with Gasteiger partial charge in [-0.1, -0.05) is 31.9 Å². The van der Waals surface area contributed by atoms with Gasteiger partial charge in [-0.2, -0.15) is 0 Å². The molecule has 4 N–H and O–H groups in total. The van der Waals surface area contributed by atoms with Crippen molar-refractivity contribution in [1.82, 2.24) is 10.2 Å². The van der Waals surface area contributed by atoms with Gasteiger partial charge in [0.15, 0.2) is 9.84 Å². The number of nitrogen functional groups attached to an aromatic ring is 1. The van der Waals surface area contributed by atoms with Gasteiger partial charge in [-0.05, 0) is 80.9 Å². The number of unbranched alkanes of at least 4 members (excludes halogenated alkanes) is 2. The third-order valence-corrected chi connectivity index (χ3v) is 9.12. The van der Waals surface area contributed by atoms with Gasteiger partial charge in [0, 0.05) is 50.4 Å². The predicted molar refractivity (Wildman–Crippen MR) is 161 cm³/mol. The molecule has 0 bridgehead atoms. The zero-order valence-corrected chi connectivity index (χ0v) is 24.4. The number of hydrogen-bond donors (Lipinski definition) is 3. The number of nitrogens with two attached hydrogens (primary N) is 1.